The lowest BCUT2D eigenvalue weighted by Gasteiger charge is -2.31. The van der Waals surface area contributed by atoms with E-state index in [1.165, 1.54) is 7.11 Å². The molecule has 242 valence electrons. The third-order valence-electron chi connectivity index (χ3n) is 10.3. The molecule has 2 atom stereocenters. The first kappa shape index (κ1) is 29.9. The zero-order chi connectivity index (χ0) is 31.7. The molecule has 1 aromatic heterocycles. The molecule has 0 radical (unpaired) electrons. The largest absolute Gasteiger partial charge is 0.467 e. The molecule has 1 aliphatic carbocycles. The fraction of sp³-hybridized carbons (Fsp3) is 0.515. The zero-order valence-corrected chi connectivity index (χ0v) is 26.2. The minimum absolute atomic E-state index is 0.0428. The topological polar surface area (TPSA) is 106 Å². The maximum absolute atomic E-state index is 16.9. The zero-order valence-electron chi connectivity index (χ0n) is 25.4. The standard InChI is InChI=1S/C33H34ClF2N5O5/c1-44-16-46-18-10-19(25(17-4-5-17)23(34)11-18)26-24(35)12-20-28(27(26)36)38-32(45-15-33-6-2-8-40(33)9-3-7-33)39-29(20)41-30(42)21-13-37-14-22(21)31(41)43/h10-12,17,21-22,37H,2-9,13-16H2,1H3. The van der Waals surface area contributed by atoms with Crippen molar-refractivity contribution in [2.75, 3.05) is 51.6 Å². The van der Waals surface area contributed by atoms with E-state index in [0.29, 0.717) is 29.4 Å². The van der Waals surface area contributed by atoms with Crippen molar-refractivity contribution in [3.63, 3.8) is 0 Å². The van der Waals surface area contributed by atoms with Crippen molar-refractivity contribution in [3.8, 4) is 22.9 Å². The Kier molecular flexibility index (Phi) is 7.39. The van der Waals surface area contributed by atoms with E-state index in [4.69, 9.17) is 25.8 Å². The summed E-state index contributed by atoms with van der Waals surface area (Å²) in [4.78, 5) is 39.4. The van der Waals surface area contributed by atoms with Crippen molar-refractivity contribution in [2.45, 2.75) is 50.0 Å². The Hall–Kier alpha value is -3.45. The molecular formula is C33H34ClF2N5O5. The van der Waals surface area contributed by atoms with Gasteiger partial charge >= 0.3 is 6.01 Å². The first-order valence-corrected chi connectivity index (χ1v) is 16.3. The van der Waals surface area contributed by atoms with Gasteiger partial charge in [0.25, 0.3) is 0 Å². The van der Waals surface area contributed by atoms with Crippen LogP contribution in [0.3, 0.4) is 0 Å². The average molecular weight is 654 g/mol. The Labute approximate surface area is 269 Å². The molecule has 4 aliphatic heterocycles. The van der Waals surface area contributed by atoms with Crippen molar-refractivity contribution in [1.29, 1.82) is 0 Å². The van der Waals surface area contributed by atoms with Crippen LogP contribution in [0.5, 0.6) is 11.8 Å². The minimum atomic E-state index is -0.965. The number of rotatable bonds is 9. The van der Waals surface area contributed by atoms with E-state index in [-0.39, 0.29) is 58.7 Å². The van der Waals surface area contributed by atoms with E-state index >= 15 is 8.78 Å². The molecule has 8 rings (SSSR count). The first-order chi connectivity index (χ1) is 22.3. The molecule has 10 nitrogen and oxygen atoms in total. The number of halogens is 3. The highest BCUT2D eigenvalue weighted by Crippen LogP contribution is 2.51. The Morgan fingerprint density at radius 3 is 2.41 bits per heavy atom. The predicted molar refractivity (Wildman–Crippen MR) is 165 cm³/mol. The number of anilines is 1. The molecule has 2 unspecified atom stereocenters. The number of carbonyl (C=O) groups excluding carboxylic acids is 2. The van der Waals surface area contributed by atoms with Crippen LogP contribution in [0.2, 0.25) is 5.02 Å². The van der Waals surface area contributed by atoms with Gasteiger partial charge in [-0.25, -0.2) is 13.7 Å². The molecule has 13 heteroatoms. The van der Waals surface area contributed by atoms with Crippen LogP contribution in [0.4, 0.5) is 14.6 Å². The average Bonchev–Trinajstić information content (AvgIpc) is 3.33. The summed E-state index contributed by atoms with van der Waals surface area (Å²) in [6.45, 7) is 2.86. The highest BCUT2D eigenvalue weighted by Gasteiger charge is 2.52. The number of imide groups is 1. The molecule has 3 aromatic rings. The van der Waals surface area contributed by atoms with Gasteiger partial charge in [0.15, 0.2) is 18.4 Å². The van der Waals surface area contributed by atoms with Crippen LogP contribution in [-0.2, 0) is 14.3 Å². The van der Waals surface area contributed by atoms with E-state index < -0.39 is 35.3 Å². The van der Waals surface area contributed by atoms with Gasteiger partial charge < -0.3 is 19.5 Å². The lowest BCUT2D eigenvalue weighted by Crippen LogP contribution is -2.43. The number of fused-ring (bicyclic) bond motifs is 3. The van der Waals surface area contributed by atoms with E-state index in [1.54, 1.807) is 12.1 Å². The summed E-state index contributed by atoms with van der Waals surface area (Å²) in [5.74, 6) is -3.76. The van der Waals surface area contributed by atoms with Gasteiger partial charge in [0.05, 0.1) is 28.3 Å². The summed E-state index contributed by atoms with van der Waals surface area (Å²) in [6, 6.07) is 4.11. The van der Waals surface area contributed by atoms with Gasteiger partial charge in [-0.2, -0.15) is 9.97 Å². The molecule has 4 saturated heterocycles. The van der Waals surface area contributed by atoms with Gasteiger partial charge in [0, 0.05) is 25.2 Å². The van der Waals surface area contributed by atoms with E-state index in [1.807, 2.05) is 0 Å². The van der Waals surface area contributed by atoms with Gasteiger partial charge in [-0.1, -0.05) is 11.6 Å². The van der Waals surface area contributed by atoms with E-state index in [9.17, 15) is 9.59 Å². The SMILES string of the molecule is COCOc1cc(Cl)c(C2CC2)c(-c2c(F)cc3c(N4C(=O)C5CNCC5C4=O)nc(OCC45CCCN4CCC5)nc3c2F)c1. The first-order valence-electron chi connectivity index (χ1n) is 15.9. The molecule has 5 fully saturated rings. The number of ether oxygens (including phenoxy) is 3. The lowest BCUT2D eigenvalue weighted by atomic mass is 9.94. The summed E-state index contributed by atoms with van der Waals surface area (Å²) in [5.41, 5.74) is 0.139. The highest BCUT2D eigenvalue weighted by atomic mass is 35.5. The summed E-state index contributed by atoms with van der Waals surface area (Å²) < 4.78 is 50.1. The van der Waals surface area contributed by atoms with Gasteiger partial charge in [-0.05, 0) is 86.9 Å². The second-order valence-electron chi connectivity index (χ2n) is 13.1. The molecule has 0 bridgehead atoms. The van der Waals surface area contributed by atoms with E-state index in [2.05, 4.69) is 20.2 Å². The van der Waals surface area contributed by atoms with E-state index in [0.717, 1.165) is 62.6 Å². The Balaban J connectivity index is 1.29. The van der Waals surface area contributed by atoms with Crippen LogP contribution in [0.15, 0.2) is 18.2 Å². The molecule has 1 N–H and O–H groups in total. The fourth-order valence-electron chi connectivity index (χ4n) is 7.95. The van der Waals surface area contributed by atoms with Gasteiger partial charge in [-0.3, -0.25) is 14.5 Å². The van der Waals surface area contributed by atoms with Crippen molar-refractivity contribution in [1.82, 2.24) is 20.2 Å². The smallest absolute Gasteiger partial charge is 0.319 e. The lowest BCUT2D eigenvalue weighted by molar-refractivity contribution is -0.122. The van der Waals surface area contributed by atoms with Gasteiger partial charge in [-0.15, -0.1) is 0 Å². The quantitative estimate of drug-likeness (QED) is 0.257. The molecule has 5 aliphatic rings. The third-order valence-corrected chi connectivity index (χ3v) is 10.6. The molecule has 0 spiro atoms. The van der Waals surface area contributed by atoms with Crippen LogP contribution in [0.25, 0.3) is 22.0 Å². The number of hydrogen-bond donors (Lipinski definition) is 1. The molecule has 2 aromatic carbocycles. The summed E-state index contributed by atoms with van der Waals surface area (Å²) in [5, 5.41) is 3.33. The van der Waals surface area contributed by atoms with Crippen LogP contribution in [0, 0.1) is 23.5 Å². The molecule has 2 amide bonds. The minimum Gasteiger partial charge on any atom is -0.467 e. The normalized spacial score (nSPS) is 23.9. The number of hydrogen-bond acceptors (Lipinski definition) is 9. The summed E-state index contributed by atoms with van der Waals surface area (Å²) in [6.07, 6.45) is 5.70. The summed E-state index contributed by atoms with van der Waals surface area (Å²) in [7, 11) is 1.47. The fourth-order valence-corrected chi connectivity index (χ4v) is 8.31. The number of carbonyl (C=O) groups is 2. The number of nitrogens with zero attached hydrogens (tertiary/aromatic N) is 4. The maximum Gasteiger partial charge on any atom is 0.319 e. The number of benzene rings is 2. The summed E-state index contributed by atoms with van der Waals surface area (Å²) >= 11 is 6.68. The second kappa shape index (κ2) is 11.4. The predicted octanol–water partition coefficient (Wildman–Crippen LogP) is 4.80. The monoisotopic (exact) mass is 653 g/mol. The van der Waals surface area contributed by atoms with Crippen molar-refractivity contribution >= 4 is 40.1 Å². The van der Waals surface area contributed by atoms with Crippen LogP contribution < -0.4 is 19.7 Å². The maximum atomic E-state index is 16.9. The highest BCUT2D eigenvalue weighted by molar-refractivity contribution is 6.32. The molecular weight excluding hydrogens is 620 g/mol. The Morgan fingerprint density at radius 2 is 1.74 bits per heavy atom. The van der Waals surface area contributed by atoms with Crippen molar-refractivity contribution in [3.05, 3.63) is 40.4 Å². The third kappa shape index (κ3) is 4.75. The Bertz CT molecular complexity index is 1740. The number of aromatic nitrogens is 2. The second-order valence-corrected chi connectivity index (χ2v) is 13.5. The van der Waals surface area contributed by atoms with Crippen LogP contribution >= 0.6 is 11.6 Å². The van der Waals surface area contributed by atoms with Crippen molar-refractivity contribution in [2.24, 2.45) is 11.8 Å². The van der Waals surface area contributed by atoms with Gasteiger partial charge in [0.2, 0.25) is 11.8 Å². The number of methoxy groups -OCH3 is 1. The van der Waals surface area contributed by atoms with Crippen LogP contribution in [0.1, 0.15) is 50.0 Å². The number of amides is 2. The van der Waals surface area contributed by atoms with Gasteiger partial charge in [0.1, 0.15) is 23.7 Å². The molecule has 46 heavy (non-hydrogen) atoms. The van der Waals surface area contributed by atoms with Crippen molar-refractivity contribution < 1.29 is 32.6 Å². The van der Waals surface area contributed by atoms with Crippen LogP contribution in [-0.4, -0.2) is 78.9 Å². The Morgan fingerprint density at radius 1 is 1.02 bits per heavy atom. The number of nitrogens with one attached hydrogen (secondary N) is 1. The molecule has 5 heterocycles. The molecule has 1 saturated carbocycles.